The van der Waals surface area contributed by atoms with E-state index < -0.39 is 0 Å². The second kappa shape index (κ2) is 6.75. The minimum Gasteiger partial charge on any atom is -0.469 e. The van der Waals surface area contributed by atoms with Crippen LogP contribution in [0.4, 0.5) is 5.69 Å². The Morgan fingerprint density at radius 1 is 1.08 bits per heavy atom. The molecule has 2 unspecified atom stereocenters. The van der Waals surface area contributed by atoms with Gasteiger partial charge in [0, 0.05) is 38.4 Å². The van der Waals surface area contributed by atoms with Crippen molar-refractivity contribution >= 4 is 11.7 Å². The summed E-state index contributed by atoms with van der Waals surface area (Å²) in [7, 11) is 1.46. The summed E-state index contributed by atoms with van der Waals surface area (Å²) < 4.78 is 4.74. The number of methoxy groups -OCH3 is 1. The van der Waals surface area contributed by atoms with Crippen molar-refractivity contribution in [3.8, 4) is 0 Å². The molecule has 0 radical (unpaired) electrons. The summed E-state index contributed by atoms with van der Waals surface area (Å²) in [6.45, 7) is 12.1. The van der Waals surface area contributed by atoms with Gasteiger partial charge in [-0.25, -0.2) is 0 Å². The number of rotatable bonds is 4. The van der Waals surface area contributed by atoms with Gasteiger partial charge in [-0.05, 0) is 34.9 Å². The van der Waals surface area contributed by atoms with E-state index in [1.807, 2.05) is 0 Å². The second-order valence-corrected chi connectivity index (χ2v) is 8.31. The third-order valence-corrected chi connectivity index (χ3v) is 5.52. The molecular weight excluding hydrogens is 300 g/mol. The highest BCUT2D eigenvalue weighted by Gasteiger charge is 2.39. The lowest BCUT2D eigenvalue weighted by atomic mass is 9.87. The Morgan fingerprint density at radius 3 is 2.17 bits per heavy atom. The fourth-order valence-corrected chi connectivity index (χ4v) is 4.01. The molecule has 4 nitrogen and oxygen atoms in total. The smallest absolute Gasteiger partial charge is 0.306 e. The highest BCUT2D eigenvalue weighted by molar-refractivity contribution is 5.69. The number of anilines is 1. The number of benzene rings is 1. The van der Waals surface area contributed by atoms with Crippen LogP contribution in [0.1, 0.15) is 32.8 Å². The first kappa shape index (κ1) is 17.3. The zero-order chi connectivity index (χ0) is 17.3. The topological polar surface area (TPSA) is 32.8 Å². The van der Waals surface area contributed by atoms with Crippen molar-refractivity contribution in [3.05, 3.63) is 29.8 Å². The van der Waals surface area contributed by atoms with E-state index >= 15 is 0 Å². The summed E-state index contributed by atoms with van der Waals surface area (Å²) in [4.78, 5) is 16.2. The average Bonchev–Trinajstić information content (AvgIpc) is 3.10. The molecule has 0 saturated carbocycles. The van der Waals surface area contributed by atoms with E-state index in [1.54, 1.807) is 0 Å². The van der Waals surface area contributed by atoms with Crippen LogP contribution in [-0.4, -0.2) is 50.7 Å². The van der Waals surface area contributed by atoms with Gasteiger partial charge in [0.1, 0.15) is 0 Å². The molecule has 2 aliphatic heterocycles. The maximum Gasteiger partial charge on any atom is 0.306 e. The molecule has 0 amide bonds. The van der Waals surface area contributed by atoms with Gasteiger partial charge in [0.25, 0.3) is 0 Å². The van der Waals surface area contributed by atoms with Crippen LogP contribution in [0.25, 0.3) is 0 Å². The predicted molar refractivity (Wildman–Crippen MR) is 97.4 cm³/mol. The minimum atomic E-state index is -0.104. The maximum atomic E-state index is 11.3. The highest BCUT2D eigenvalue weighted by Crippen LogP contribution is 2.34. The van der Waals surface area contributed by atoms with Crippen molar-refractivity contribution in [2.45, 2.75) is 32.6 Å². The highest BCUT2D eigenvalue weighted by atomic mass is 16.5. The first-order valence-corrected chi connectivity index (χ1v) is 9.01. The van der Waals surface area contributed by atoms with Crippen LogP contribution >= 0.6 is 0 Å². The number of carbonyl (C=O) groups excluding carboxylic acids is 1. The number of nitrogens with zero attached hydrogens (tertiary/aromatic N) is 2. The summed E-state index contributed by atoms with van der Waals surface area (Å²) in [5.74, 6) is 1.35. The van der Waals surface area contributed by atoms with Crippen molar-refractivity contribution in [1.82, 2.24) is 4.90 Å². The van der Waals surface area contributed by atoms with E-state index in [0.717, 1.165) is 44.6 Å². The number of hydrogen-bond donors (Lipinski definition) is 0. The van der Waals surface area contributed by atoms with Gasteiger partial charge in [-0.15, -0.1) is 0 Å². The molecule has 2 saturated heterocycles. The van der Waals surface area contributed by atoms with Crippen molar-refractivity contribution in [1.29, 1.82) is 0 Å². The van der Waals surface area contributed by atoms with E-state index in [4.69, 9.17) is 4.74 Å². The molecule has 0 N–H and O–H groups in total. The number of likely N-dealkylation sites (tertiary alicyclic amines) is 1. The Balaban J connectivity index is 1.54. The summed E-state index contributed by atoms with van der Waals surface area (Å²) in [6.07, 6.45) is 0.508. The van der Waals surface area contributed by atoms with Crippen molar-refractivity contribution < 1.29 is 9.53 Å². The number of fused-ring (bicyclic) bond motifs is 1. The maximum absolute atomic E-state index is 11.3. The van der Waals surface area contributed by atoms with Crippen LogP contribution in [0, 0.1) is 11.8 Å². The fourth-order valence-electron chi connectivity index (χ4n) is 4.01. The van der Waals surface area contributed by atoms with E-state index in [1.165, 1.54) is 18.4 Å². The molecular formula is C20H30N2O2. The van der Waals surface area contributed by atoms with E-state index in [0.29, 0.717) is 6.42 Å². The number of hydrogen-bond acceptors (Lipinski definition) is 4. The molecule has 2 aliphatic rings. The summed E-state index contributed by atoms with van der Waals surface area (Å²) in [5.41, 5.74) is 2.94. The van der Waals surface area contributed by atoms with E-state index in [2.05, 4.69) is 54.8 Å². The van der Waals surface area contributed by atoms with Gasteiger partial charge in [0.2, 0.25) is 0 Å². The third kappa shape index (κ3) is 3.75. The van der Waals surface area contributed by atoms with Crippen LogP contribution in [0.15, 0.2) is 24.3 Å². The number of ether oxygens (including phenoxy) is 1. The molecule has 0 spiro atoms. The van der Waals surface area contributed by atoms with Gasteiger partial charge >= 0.3 is 5.97 Å². The molecule has 1 aromatic carbocycles. The lowest BCUT2D eigenvalue weighted by Crippen LogP contribution is -2.30. The lowest BCUT2D eigenvalue weighted by Gasteiger charge is -2.24. The predicted octanol–water partition coefficient (Wildman–Crippen LogP) is 2.92. The Hall–Kier alpha value is -1.55. The minimum absolute atomic E-state index is 0.104. The van der Waals surface area contributed by atoms with Gasteiger partial charge in [-0.3, -0.25) is 4.79 Å². The van der Waals surface area contributed by atoms with E-state index in [-0.39, 0.29) is 11.4 Å². The molecule has 0 bridgehead atoms. The molecule has 0 aliphatic carbocycles. The molecule has 24 heavy (non-hydrogen) atoms. The summed E-state index contributed by atoms with van der Waals surface area (Å²) in [6, 6.07) is 9.09. The largest absolute Gasteiger partial charge is 0.469 e. The second-order valence-electron chi connectivity index (χ2n) is 8.31. The normalized spacial score (nSPS) is 24.2. The van der Waals surface area contributed by atoms with Crippen LogP contribution in [0.2, 0.25) is 0 Å². The SMILES string of the molecule is COC(=O)CCN1CC2CN(c3ccc(C(C)(C)C)cc3)CC2C1. The summed E-state index contributed by atoms with van der Waals surface area (Å²) in [5, 5.41) is 0. The Labute approximate surface area is 145 Å². The molecule has 4 heteroatoms. The Bertz CT molecular complexity index is 562. The zero-order valence-corrected chi connectivity index (χ0v) is 15.4. The molecule has 2 heterocycles. The summed E-state index contributed by atoms with van der Waals surface area (Å²) >= 11 is 0. The van der Waals surface area contributed by atoms with E-state index in [9.17, 15) is 4.79 Å². The van der Waals surface area contributed by atoms with Gasteiger partial charge in [0.05, 0.1) is 13.5 Å². The Morgan fingerprint density at radius 2 is 1.67 bits per heavy atom. The molecule has 2 fully saturated rings. The molecule has 3 rings (SSSR count). The monoisotopic (exact) mass is 330 g/mol. The van der Waals surface area contributed by atoms with Crippen LogP contribution in [0.5, 0.6) is 0 Å². The van der Waals surface area contributed by atoms with Crippen molar-refractivity contribution in [2.75, 3.05) is 44.7 Å². The van der Waals surface area contributed by atoms with Crippen LogP contribution < -0.4 is 4.90 Å². The van der Waals surface area contributed by atoms with Gasteiger partial charge < -0.3 is 14.5 Å². The van der Waals surface area contributed by atoms with Crippen LogP contribution in [0.3, 0.4) is 0 Å². The molecule has 132 valence electrons. The lowest BCUT2D eigenvalue weighted by molar-refractivity contribution is -0.140. The average molecular weight is 330 g/mol. The van der Waals surface area contributed by atoms with Crippen molar-refractivity contribution in [3.63, 3.8) is 0 Å². The first-order valence-electron chi connectivity index (χ1n) is 9.01. The van der Waals surface area contributed by atoms with Crippen LogP contribution in [-0.2, 0) is 14.9 Å². The third-order valence-electron chi connectivity index (χ3n) is 5.52. The first-order chi connectivity index (χ1) is 11.4. The fraction of sp³-hybridized carbons (Fsp3) is 0.650. The number of esters is 1. The Kier molecular flexibility index (Phi) is 4.86. The molecule has 0 aromatic heterocycles. The zero-order valence-electron chi connectivity index (χ0n) is 15.4. The number of carbonyl (C=O) groups is 1. The van der Waals surface area contributed by atoms with Gasteiger partial charge in [0.15, 0.2) is 0 Å². The van der Waals surface area contributed by atoms with Gasteiger partial charge in [-0.1, -0.05) is 32.9 Å². The van der Waals surface area contributed by atoms with Gasteiger partial charge in [-0.2, -0.15) is 0 Å². The standard InChI is InChI=1S/C20H30N2O2/c1-20(2,3)17-5-7-18(8-6-17)22-13-15-11-21(12-16(15)14-22)10-9-19(23)24-4/h5-8,15-16H,9-14H2,1-4H3. The molecule has 1 aromatic rings. The quantitative estimate of drug-likeness (QED) is 0.795. The van der Waals surface area contributed by atoms with Crippen molar-refractivity contribution in [2.24, 2.45) is 11.8 Å². The molecule has 2 atom stereocenters.